The van der Waals surface area contributed by atoms with Crippen molar-refractivity contribution in [1.29, 1.82) is 0 Å². The Bertz CT molecular complexity index is 404. The maximum atomic E-state index is 5.49. The lowest BCUT2D eigenvalue weighted by Crippen LogP contribution is -2.21. The Hall–Kier alpha value is -1.06. The van der Waals surface area contributed by atoms with E-state index in [2.05, 4.69) is 56.2 Å². The van der Waals surface area contributed by atoms with Crippen molar-refractivity contribution in [2.45, 2.75) is 39.8 Å². The molecule has 114 valence electrons. The van der Waals surface area contributed by atoms with Gasteiger partial charge in [-0.1, -0.05) is 19.9 Å². The molecule has 1 atom stereocenters. The maximum absolute atomic E-state index is 5.49. The molecule has 1 aromatic carbocycles. The predicted molar refractivity (Wildman–Crippen MR) is 86.3 cm³/mol. The Morgan fingerprint density at radius 1 is 1.25 bits per heavy atom. The fourth-order valence-corrected chi connectivity index (χ4v) is 2.21. The van der Waals surface area contributed by atoms with Crippen molar-refractivity contribution >= 4 is 0 Å². The predicted octanol–water partition coefficient (Wildman–Crippen LogP) is 3.45. The summed E-state index contributed by atoms with van der Waals surface area (Å²) in [5.41, 5.74) is 2.57. The molecule has 1 N–H and O–H groups in total. The third-order valence-electron chi connectivity index (χ3n) is 3.77. The first kappa shape index (κ1) is 17.0. The van der Waals surface area contributed by atoms with Gasteiger partial charge in [-0.05, 0) is 57.6 Å². The van der Waals surface area contributed by atoms with Gasteiger partial charge >= 0.3 is 0 Å². The van der Waals surface area contributed by atoms with E-state index in [0.717, 1.165) is 24.8 Å². The fourth-order valence-electron chi connectivity index (χ4n) is 2.21. The molecule has 20 heavy (non-hydrogen) atoms. The third-order valence-corrected chi connectivity index (χ3v) is 3.77. The molecule has 0 aliphatic carbocycles. The van der Waals surface area contributed by atoms with Crippen LogP contribution in [0.4, 0.5) is 0 Å². The van der Waals surface area contributed by atoms with E-state index >= 15 is 0 Å². The third kappa shape index (κ3) is 5.14. The number of methoxy groups -OCH3 is 1. The van der Waals surface area contributed by atoms with E-state index in [-0.39, 0.29) is 0 Å². The van der Waals surface area contributed by atoms with Gasteiger partial charge in [0.2, 0.25) is 0 Å². The Morgan fingerprint density at radius 3 is 2.50 bits per heavy atom. The van der Waals surface area contributed by atoms with Gasteiger partial charge in [0.05, 0.1) is 7.11 Å². The van der Waals surface area contributed by atoms with E-state index in [9.17, 15) is 0 Å². The normalized spacial score (nSPS) is 13.0. The molecule has 3 heteroatoms. The zero-order valence-electron chi connectivity index (χ0n) is 13.9. The second-order valence-corrected chi connectivity index (χ2v) is 6.00. The molecule has 0 bridgehead atoms. The number of hydrogen-bond acceptors (Lipinski definition) is 3. The largest absolute Gasteiger partial charge is 0.496 e. The molecule has 0 saturated heterocycles. The molecule has 0 aliphatic heterocycles. The fraction of sp³-hybridized carbons (Fsp3) is 0.647. The van der Waals surface area contributed by atoms with E-state index in [4.69, 9.17) is 4.74 Å². The van der Waals surface area contributed by atoms with Crippen LogP contribution in [-0.2, 0) is 6.54 Å². The summed E-state index contributed by atoms with van der Waals surface area (Å²) >= 11 is 0. The highest BCUT2D eigenvalue weighted by Crippen LogP contribution is 2.24. The Balaban J connectivity index is 2.80. The first-order valence-corrected chi connectivity index (χ1v) is 7.50. The Kier molecular flexibility index (Phi) is 7.03. The molecule has 0 aromatic heterocycles. The average Bonchev–Trinajstić information content (AvgIpc) is 2.44. The summed E-state index contributed by atoms with van der Waals surface area (Å²) in [6.07, 6.45) is 1.23. The van der Waals surface area contributed by atoms with Gasteiger partial charge in [0.1, 0.15) is 5.75 Å². The minimum absolute atomic E-state index is 0.362. The van der Waals surface area contributed by atoms with Crippen molar-refractivity contribution in [2.75, 3.05) is 27.7 Å². The SMILES string of the molecule is CNC(C)c1ccc(OC)c(CN(C)CCC(C)C)c1. The number of ether oxygens (including phenoxy) is 1. The first-order valence-electron chi connectivity index (χ1n) is 7.50. The Labute approximate surface area is 124 Å². The molecule has 0 saturated carbocycles. The van der Waals surface area contributed by atoms with Gasteiger partial charge < -0.3 is 15.0 Å². The van der Waals surface area contributed by atoms with Crippen LogP contribution in [0.15, 0.2) is 18.2 Å². The van der Waals surface area contributed by atoms with Crippen molar-refractivity contribution in [2.24, 2.45) is 5.92 Å². The van der Waals surface area contributed by atoms with Crippen LogP contribution in [0.5, 0.6) is 5.75 Å². The highest BCUT2D eigenvalue weighted by Gasteiger charge is 2.10. The molecule has 0 fully saturated rings. The first-order chi connectivity index (χ1) is 9.47. The summed E-state index contributed by atoms with van der Waals surface area (Å²) < 4.78 is 5.49. The minimum atomic E-state index is 0.362. The molecule has 0 amide bonds. The molecule has 0 aliphatic rings. The van der Waals surface area contributed by atoms with Gasteiger partial charge in [0, 0.05) is 18.2 Å². The molecule has 1 aromatic rings. The lowest BCUT2D eigenvalue weighted by atomic mass is 10.0. The zero-order valence-corrected chi connectivity index (χ0v) is 13.9. The van der Waals surface area contributed by atoms with Gasteiger partial charge in [0.25, 0.3) is 0 Å². The van der Waals surface area contributed by atoms with Gasteiger partial charge in [-0.2, -0.15) is 0 Å². The zero-order chi connectivity index (χ0) is 15.1. The summed E-state index contributed by atoms with van der Waals surface area (Å²) in [6, 6.07) is 6.83. The smallest absolute Gasteiger partial charge is 0.123 e. The lowest BCUT2D eigenvalue weighted by Gasteiger charge is -2.21. The molecular formula is C17H30N2O. The van der Waals surface area contributed by atoms with Crippen LogP contribution in [0, 0.1) is 5.92 Å². The number of benzene rings is 1. The minimum Gasteiger partial charge on any atom is -0.496 e. The summed E-state index contributed by atoms with van der Waals surface area (Å²) in [5.74, 6) is 1.73. The van der Waals surface area contributed by atoms with Crippen LogP contribution >= 0.6 is 0 Å². The van der Waals surface area contributed by atoms with E-state index in [0.29, 0.717) is 6.04 Å². The van der Waals surface area contributed by atoms with Crippen molar-refractivity contribution in [3.05, 3.63) is 29.3 Å². The Morgan fingerprint density at radius 2 is 1.95 bits per heavy atom. The van der Waals surface area contributed by atoms with Crippen molar-refractivity contribution in [1.82, 2.24) is 10.2 Å². The summed E-state index contributed by atoms with van der Waals surface area (Å²) in [5, 5.41) is 3.28. The van der Waals surface area contributed by atoms with E-state index in [1.54, 1.807) is 7.11 Å². The van der Waals surface area contributed by atoms with Gasteiger partial charge in [-0.25, -0.2) is 0 Å². The molecule has 0 spiro atoms. The topological polar surface area (TPSA) is 24.5 Å². The van der Waals surface area contributed by atoms with E-state index in [1.165, 1.54) is 17.5 Å². The molecule has 3 nitrogen and oxygen atoms in total. The van der Waals surface area contributed by atoms with Crippen molar-refractivity contribution in [3.63, 3.8) is 0 Å². The number of nitrogens with one attached hydrogen (secondary N) is 1. The lowest BCUT2D eigenvalue weighted by molar-refractivity contribution is 0.297. The van der Waals surface area contributed by atoms with Gasteiger partial charge in [-0.3, -0.25) is 0 Å². The quantitative estimate of drug-likeness (QED) is 0.788. The highest BCUT2D eigenvalue weighted by molar-refractivity contribution is 5.38. The number of hydrogen-bond donors (Lipinski definition) is 1. The molecular weight excluding hydrogens is 248 g/mol. The molecule has 0 radical (unpaired) electrons. The van der Waals surface area contributed by atoms with Crippen LogP contribution in [0.1, 0.15) is 44.4 Å². The molecule has 1 unspecified atom stereocenters. The van der Waals surface area contributed by atoms with E-state index < -0.39 is 0 Å². The monoisotopic (exact) mass is 278 g/mol. The van der Waals surface area contributed by atoms with Crippen LogP contribution in [0.25, 0.3) is 0 Å². The van der Waals surface area contributed by atoms with Crippen LogP contribution in [0.3, 0.4) is 0 Å². The van der Waals surface area contributed by atoms with Gasteiger partial charge in [-0.15, -0.1) is 0 Å². The number of nitrogens with zero attached hydrogens (tertiary/aromatic N) is 1. The van der Waals surface area contributed by atoms with E-state index in [1.807, 2.05) is 7.05 Å². The second kappa shape index (κ2) is 8.28. The van der Waals surface area contributed by atoms with Gasteiger partial charge in [0.15, 0.2) is 0 Å². The van der Waals surface area contributed by atoms with Crippen LogP contribution < -0.4 is 10.1 Å². The number of rotatable bonds is 8. The van der Waals surface area contributed by atoms with Crippen LogP contribution in [-0.4, -0.2) is 32.6 Å². The van der Waals surface area contributed by atoms with Crippen LogP contribution in [0.2, 0.25) is 0 Å². The summed E-state index contributed by atoms with van der Waals surface area (Å²) in [7, 11) is 5.91. The summed E-state index contributed by atoms with van der Waals surface area (Å²) in [4.78, 5) is 2.37. The highest BCUT2D eigenvalue weighted by atomic mass is 16.5. The average molecular weight is 278 g/mol. The maximum Gasteiger partial charge on any atom is 0.123 e. The van der Waals surface area contributed by atoms with Crippen molar-refractivity contribution < 1.29 is 4.74 Å². The second-order valence-electron chi connectivity index (χ2n) is 6.00. The standard InChI is InChI=1S/C17H30N2O/c1-13(2)9-10-19(5)12-16-11-15(14(3)18-4)7-8-17(16)20-6/h7-8,11,13-14,18H,9-10,12H2,1-6H3. The molecule has 1 rings (SSSR count). The van der Waals surface area contributed by atoms with Crippen molar-refractivity contribution in [3.8, 4) is 5.75 Å². The molecule has 0 heterocycles. The summed E-state index contributed by atoms with van der Waals surface area (Å²) in [6.45, 7) is 8.76.